The second kappa shape index (κ2) is 73.4. The normalized spacial score (nSPS) is 14.8. The summed E-state index contributed by atoms with van der Waals surface area (Å²) in [6, 6.07) is 0. The fraction of sp³-hybridized carbons (Fsp3) is 0.691. The summed E-state index contributed by atoms with van der Waals surface area (Å²) in [5.41, 5.74) is 0. The highest BCUT2D eigenvalue weighted by Crippen LogP contribution is 2.45. The van der Waals surface area contributed by atoms with E-state index in [0.717, 1.165) is 173 Å². The minimum absolute atomic E-state index is 0.0832. The van der Waals surface area contributed by atoms with Gasteiger partial charge in [-0.2, -0.15) is 0 Å². The number of ether oxygens (including phenoxy) is 3. The van der Waals surface area contributed by atoms with Gasteiger partial charge in [0, 0.05) is 19.3 Å². The highest BCUT2D eigenvalue weighted by molar-refractivity contribution is 7.47. The smallest absolute Gasteiger partial charge is 0.463 e. The monoisotopic (exact) mass is 1430 g/mol. The number of aliphatic hydroxyl groups excluding tert-OH is 2. The third kappa shape index (κ3) is 74.7. The minimum atomic E-state index is -4.94. The molecular formula is C81H138O16P2. The van der Waals surface area contributed by atoms with Gasteiger partial charge in [0.25, 0.3) is 0 Å². The summed E-state index contributed by atoms with van der Waals surface area (Å²) in [4.78, 5) is 58.6. The molecule has 0 aliphatic carbocycles. The Bertz CT molecular complexity index is 2330. The summed E-state index contributed by atoms with van der Waals surface area (Å²) in [7, 11) is -9.80. The topological polar surface area (TPSA) is 231 Å². The van der Waals surface area contributed by atoms with Gasteiger partial charge < -0.3 is 34.2 Å². The lowest BCUT2D eigenvalue weighted by Gasteiger charge is -2.21. The number of unbranched alkanes of at least 4 members (excludes halogenated alkanes) is 27. The van der Waals surface area contributed by atoms with Gasteiger partial charge in [-0.3, -0.25) is 32.5 Å². The molecule has 0 aliphatic heterocycles. The second-order valence-electron chi connectivity index (χ2n) is 25.4. The van der Waals surface area contributed by atoms with E-state index in [0.29, 0.717) is 19.3 Å². The third-order valence-corrected chi connectivity index (χ3v) is 17.7. The van der Waals surface area contributed by atoms with Crippen LogP contribution >= 0.6 is 15.6 Å². The first kappa shape index (κ1) is 94.7. The van der Waals surface area contributed by atoms with Crippen molar-refractivity contribution in [2.45, 2.75) is 322 Å². The lowest BCUT2D eigenvalue weighted by atomic mass is 10.1. The van der Waals surface area contributed by atoms with Crippen molar-refractivity contribution in [3.63, 3.8) is 0 Å². The average Bonchev–Trinajstić information content (AvgIpc) is 1.57. The van der Waals surface area contributed by atoms with Crippen molar-refractivity contribution in [3.8, 4) is 0 Å². The van der Waals surface area contributed by atoms with E-state index in [-0.39, 0.29) is 19.3 Å². The molecule has 0 heterocycles. The molecule has 0 bridgehead atoms. The van der Waals surface area contributed by atoms with Crippen LogP contribution in [0.2, 0.25) is 0 Å². The molecule has 0 radical (unpaired) electrons. The highest BCUT2D eigenvalue weighted by atomic mass is 31.2. The van der Waals surface area contributed by atoms with Crippen LogP contribution in [-0.4, -0.2) is 95.9 Å². The van der Waals surface area contributed by atoms with Crippen LogP contribution in [0.4, 0.5) is 0 Å². The van der Waals surface area contributed by atoms with Gasteiger partial charge in [0.15, 0.2) is 6.10 Å². The van der Waals surface area contributed by atoms with Crippen LogP contribution in [-0.2, 0) is 55.8 Å². The number of rotatable bonds is 72. The number of allylic oxidation sites excluding steroid dienone is 22. The third-order valence-electron chi connectivity index (χ3n) is 15.8. The van der Waals surface area contributed by atoms with E-state index in [1.54, 1.807) is 0 Å². The molecular weight excluding hydrogens is 1290 g/mol. The molecule has 4 N–H and O–H groups in total. The van der Waals surface area contributed by atoms with Gasteiger partial charge in [-0.15, -0.1) is 0 Å². The molecule has 16 nitrogen and oxygen atoms in total. The van der Waals surface area contributed by atoms with Gasteiger partial charge in [-0.1, -0.05) is 276 Å². The minimum Gasteiger partial charge on any atom is -0.463 e. The SMILES string of the molecule is CC/C=C\C/C=C\C/C=C\C/C=C\C/C=C\CCCCCCCCCCCC(=O)OCC(O)COP(=O)(O)OCC(O)COP(=O)(O)OCC(COC(=O)CCCCCCCCC/C=C\C/C=C\C/C=C\C/C=C\CCCCC)OC(=O)CCCCCCC/C=C\C/C=C\CCCCC. The van der Waals surface area contributed by atoms with E-state index in [9.17, 15) is 43.5 Å². The molecule has 18 heteroatoms. The number of phosphoric acid groups is 2. The Balaban J connectivity index is 4.63. The Morgan fingerprint density at radius 1 is 0.293 bits per heavy atom. The van der Waals surface area contributed by atoms with E-state index in [2.05, 4.69) is 154 Å². The maximum Gasteiger partial charge on any atom is 0.472 e. The zero-order valence-electron chi connectivity index (χ0n) is 61.9. The summed E-state index contributed by atoms with van der Waals surface area (Å²) in [6.45, 7) is 2.48. The fourth-order valence-corrected chi connectivity index (χ4v) is 11.5. The van der Waals surface area contributed by atoms with E-state index in [1.807, 2.05) is 0 Å². The fourth-order valence-electron chi connectivity index (χ4n) is 9.96. The molecule has 0 aromatic rings. The van der Waals surface area contributed by atoms with Crippen LogP contribution in [0.25, 0.3) is 0 Å². The van der Waals surface area contributed by atoms with Crippen molar-refractivity contribution >= 4 is 33.6 Å². The predicted molar refractivity (Wildman–Crippen MR) is 408 cm³/mol. The number of hydrogen-bond donors (Lipinski definition) is 4. The first-order valence-corrected chi connectivity index (χ1v) is 41.5. The first-order valence-electron chi connectivity index (χ1n) is 38.5. The molecule has 0 aromatic heterocycles. The van der Waals surface area contributed by atoms with Crippen molar-refractivity contribution < 1.29 is 75.8 Å². The molecule has 568 valence electrons. The van der Waals surface area contributed by atoms with Crippen LogP contribution in [0.1, 0.15) is 303 Å². The van der Waals surface area contributed by atoms with Gasteiger partial charge >= 0.3 is 33.6 Å². The molecule has 5 atom stereocenters. The van der Waals surface area contributed by atoms with Crippen molar-refractivity contribution in [2.24, 2.45) is 0 Å². The van der Waals surface area contributed by atoms with Crippen molar-refractivity contribution in [1.82, 2.24) is 0 Å². The van der Waals surface area contributed by atoms with Crippen LogP contribution < -0.4 is 0 Å². The summed E-state index contributed by atoms with van der Waals surface area (Å²) in [5, 5.41) is 20.6. The van der Waals surface area contributed by atoms with E-state index < -0.39 is 91.5 Å². The van der Waals surface area contributed by atoms with Crippen LogP contribution in [0.15, 0.2) is 134 Å². The number of esters is 3. The Morgan fingerprint density at radius 3 is 0.848 bits per heavy atom. The zero-order chi connectivity index (χ0) is 72.3. The Kier molecular flexibility index (Phi) is 70.2. The Morgan fingerprint density at radius 2 is 0.535 bits per heavy atom. The summed E-state index contributed by atoms with van der Waals surface area (Å²) in [5.74, 6) is -1.61. The van der Waals surface area contributed by atoms with Gasteiger partial charge in [-0.25, -0.2) is 9.13 Å². The summed E-state index contributed by atoms with van der Waals surface area (Å²) in [6.07, 6.45) is 87.7. The quantitative estimate of drug-likeness (QED) is 0.0146. The molecule has 0 saturated carbocycles. The van der Waals surface area contributed by atoms with Crippen molar-refractivity contribution in [3.05, 3.63) is 134 Å². The summed E-state index contributed by atoms with van der Waals surface area (Å²) >= 11 is 0. The number of aliphatic hydroxyl groups is 2. The number of carbonyl (C=O) groups excluding carboxylic acids is 3. The molecule has 0 amide bonds. The number of phosphoric ester groups is 2. The van der Waals surface area contributed by atoms with Gasteiger partial charge in [0.05, 0.1) is 26.4 Å². The first-order chi connectivity index (χ1) is 48.2. The van der Waals surface area contributed by atoms with Crippen LogP contribution in [0.3, 0.4) is 0 Å². The number of carbonyl (C=O) groups is 3. The molecule has 0 aromatic carbocycles. The Hall–Kier alpha value is -4.31. The van der Waals surface area contributed by atoms with E-state index >= 15 is 0 Å². The largest absolute Gasteiger partial charge is 0.472 e. The predicted octanol–water partition coefficient (Wildman–Crippen LogP) is 22.3. The second-order valence-corrected chi connectivity index (χ2v) is 28.3. The molecule has 5 unspecified atom stereocenters. The number of hydrogen-bond acceptors (Lipinski definition) is 14. The van der Waals surface area contributed by atoms with Crippen molar-refractivity contribution in [1.29, 1.82) is 0 Å². The van der Waals surface area contributed by atoms with Gasteiger partial charge in [0.2, 0.25) is 0 Å². The van der Waals surface area contributed by atoms with Crippen LogP contribution in [0.5, 0.6) is 0 Å². The summed E-state index contributed by atoms with van der Waals surface area (Å²) < 4.78 is 61.1. The molecule has 0 aliphatic rings. The lowest BCUT2D eigenvalue weighted by Crippen LogP contribution is -2.30. The van der Waals surface area contributed by atoms with Gasteiger partial charge in [0.1, 0.15) is 25.4 Å². The molecule has 0 saturated heterocycles. The van der Waals surface area contributed by atoms with Crippen LogP contribution in [0, 0.1) is 0 Å². The van der Waals surface area contributed by atoms with E-state index in [1.165, 1.54) is 70.6 Å². The van der Waals surface area contributed by atoms with Crippen molar-refractivity contribution in [2.75, 3.05) is 39.6 Å². The molecule has 0 rings (SSSR count). The maximum absolute atomic E-state index is 13.0. The zero-order valence-corrected chi connectivity index (χ0v) is 63.7. The molecule has 0 fully saturated rings. The molecule has 0 spiro atoms. The van der Waals surface area contributed by atoms with E-state index in [4.69, 9.17) is 32.3 Å². The standard InChI is InChI=1S/C81H138O16P2/c1-4-7-10-13-16-19-22-25-28-30-32-34-36-37-39-41-42-44-47-49-52-55-58-61-64-67-79(84)91-70-76(82)71-93-98(87,88)94-72-77(83)73-95-99(89,90)96-75-78(97-81(86)69-66-63-60-57-54-51-46-27-24-21-18-15-12-9-6-3)74-92-80(85)68-65-62-59-56-53-50-48-45-43-40-38-35-33-31-29-26-23-20-17-14-11-8-5-2/h7,10,16-21,25-29,32-35,37,39-40,43,46,76-78,82-83H,4-6,8-9,11-15,22-24,30-31,36,38,41-42,44-45,47-75H2,1-3H3,(H,87,88)(H,89,90)/b10-7-,19-16-,20-17-,21-18-,28-25-,29-26-,34-32-,35-33-,39-37-,43-40-,46-27-. The highest BCUT2D eigenvalue weighted by Gasteiger charge is 2.29. The maximum atomic E-state index is 13.0. The Labute approximate surface area is 601 Å². The van der Waals surface area contributed by atoms with Gasteiger partial charge in [-0.05, 0) is 141 Å². The average molecular weight is 1430 g/mol. The molecule has 99 heavy (non-hydrogen) atoms. The lowest BCUT2D eigenvalue weighted by molar-refractivity contribution is -0.161.